The molecule has 1 rings (SSSR count). The third kappa shape index (κ3) is 2.04. The second-order valence-corrected chi connectivity index (χ2v) is 4.18. The first-order chi connectivity index (χ1) is 7.47. The second kappa shape index (κ2) is 4.82. The van der Waals surface area contributed by atoms with Gasteiger partial charge in [-0.2, -0.15) is 0 Å². The van der Waals surface area contributed by atoms with Crippen molar-refractivity contribution in [2.45, 2.75) is 51.2 Å². The molecule has 1 heterocycles. The molecule has 5 heteroatoms. The number of ether oxygens (including phenoxy) is 1. The smallest absolute Gasteiger partial charge is 0.336 e. The van der Waals surface area contributed by atoms with E-state index in [0.29, 0.717) is 25.7 Å². The van der Waals surface area contributed by atoms with Crippen LogP contribution >= 0.6 is 0 Å². The molecule has 0 amide bonds. The van der Waals surface area contributed by atoms with E-state index in [9.17, 15) is 14.7 Å². The van der Waals surface area contributed by atoms with Crippen molar-refractivity contribution in [2.75, 3.05) is 0 Å². The molecule has 0 aromatic heterocycles. The molecule has 92 valence electrons. The normalized spacial score (nSPS) is 34.6. The van der Waals surface area contributed by atoms with Crippen LogP contribution in [0.25, 0.3) is 0 Å². The molecular formula is C11H18O5. The van der Waals surface area contributed by atoms with Crippen molar-refractivity contribution in [3.8, 4) is 0 Å². The number of aliphatic carboxylic acids is 2. The van der Waals surface area contributed by atoms with E-state index in [4.69, 9.17) is 9.84 Å². The van der Waals surface area contributed by atoms with E-state index in [1.54, 1.807) is 6.92 Å². The summed E-state index contributed by atoms with van der Waals surface area (Å²) in [5.74, 6) is -2.23. The van der Waals surface area contributed by atoms with Crippen LogP contribution in [0.2, 0.25) is 0 Å². The van der Waals surface area contributed by atoms with Crippen molar-refractivity contribution >= 4 is 11.9 Å². The van der Waals surface area contributed by atoms with Crippen LogP contribution in [-0.4, -0.2) is 33.9 Å². The predicted molar refractivity (Wildman–Crippen MR) is 56.2 cm³/mol. The third-order valence-electron chi connectivity index (χ3n) is 3.44. The number of carbonyl (C=O) groups is 2. The standard InChI is InChI=1S/C11H18O5/c1-3-7-5-6-8(9(12)13)16-11(7,4-2)10(14)15/h7-8H,3-6H2,1-2H3,(H,12,13)(H,14,15)/t7-,8?,11+/m0/s1. The summed E-state index contributed by atoms with van der Waals surface area (Å²) in [4.78, 5) is 22.2. The molecule has 0 aromatic rings. The van der Waals surface area contributed by atoms with E-state index < -0.39 is 23.6 Å². The Hall–Kier alpha value is -1.10. The quantitative estimate of drug-likeness (QED) is 0.764. The molecule has 1 unspecified atom stereocenters. The number of carboxylic acid groups (broad SMARTS) is 2. The molecule has 0 radical (unpaired) electrons. The molecule has 0 bridgehead atoms. The zero-order chi connectivity index (χ0) is 12.3. The molecule has 0 aromatic carbocycles. The number of rotatable bonds is 4. The highest BCUT2D eigenvalue weighted by molar-refractivity contribution is 5.80. The summed E-state index contributed by atoms with van der Waals surface area (Å²) in [5, 5.41) is 18.2. The van der Waals surface area contributed by atoms with Gasteiger partial charge in [0.2, 0.25) is 0 Å². The monoisotopic (exact) mass is 230 g/mol. The van der Waals surface area contributed by atoms with Gasteiger partial charge in [-0.25, -0.2) is 9.59 Å². The Morgan fingerprint density at radius 1 is 1.31 bits per heavy atom. The van der Waals surface area contributed by atoms with Crippen LogP contribution in [0.5, 0.6) is 0 Å². The van der Waals surface area contributed by atoms with Gasteiger partial charge in [-0.05, 0) is 31.6 Å². The fourth-order valence-electron chi connectivity index (χ4n) is 2.45. The lowest BCUT2D eigenvalue weighted by molar-refractivity contribution is -0.206. The maximum atomic E-state index is 11.3. The zero-order valence-corrected chi connectivity index (χ0v) is 9.60. The van der Waals surface area contributed by atoms with Gasteiger partial charge >= 0.3 is 11.9 Å². The summed E-state index contributed by atoms with van der Waals surface area (Å²) in [5.41, 5.74) is -1.32. The summed E-state index contributed by atoms with van der Waals surface area (Å²) in [6.07, 6.45) is 0.979. The molecule has 1 aliphatic heterocycles. The maximum absolute atomic E-state index is 11.3. The lowest BCUT2D eigenvalue weighted by atomic mass is 9.77. The molecule has 0 saturated carbocycles. The van der Waals surface area contributed by atoms with E-state index in [1.807, 2.05) is 6.92 Å². The third-order valence-corrected chi connectivity index (χ3v) is 3.44. The minimum atomic E-state index is -1.32. The van der Waals surface area contributed by atoms with Crippen LogP contribution in [0, 0.1) is 5.92 Å². The van der Waals surface area contributed by atoms with Crippen LogP contribution in [0.15, 0.2) is 0 Å². The molecule has 1 fully saturated rings. The summed E-state index contributed by atoms with van der Waals surface area (Å²) in [6, 6.07) is 0. The Morgan fingerprint density at radius 2 is 1.94 bits per heavy atom. The van der Waals surface area contributed by atoms with Crippen molar-refractivity contribution in [2.24, 2.45) is 5.92 Å². The Labute approximate surface area is 94.4 Å². The van der Waals surface area contributed by atoms with Gasteiger partial charge in [0.05, 0.1) is 0 Å². The van der Waals surface area contributed by atoms with Crippen molar-refractivity contribution < 1.29 is 24.5 Å². The molecule has 1 saturated heterocycles. The maximum Gasteiger partial charge on any atom is 0.336 e. The van der Waals surface area contributed by atoms with Crippen LogP contribution in [0.4, 0.5) is 0 Å². The van der Waals surface area contributed by atoms with E-state index >= 15 is 0 Å². The van der Waals surface area contributed by atoms with Crippen molar-refractivity contribution in [1.82, 2.24) is 0 Å². The first-order valence-corrected chi connectivity index (χ1v) is 5.62. The van der Waals surface area contributed by atoms with Crippen LogP contribution in [0.1, 0.15) is 39.5 Å². The molecular weight excluding hydrogens is 212 g/mol. The highest BCUT2D eigenvalue weighted by Crippen LogP contribution is 2.39. The van der Waals surface area contributed by atoms with Gasteiger partial charge < -0.3 is 14.9 Å². The highest BCUT2D eigenvalue weighted by atomic mass is 16.6. The SMILES string of the molecule is CC[C@H]1CCC(C(=O)O)O[C@@]1(CC)C(=O)O. The number of hydrogen-bond acceptors (Lipinski definition) is 3. The predicted octanol–water partition coefficient (Wildman–Crippen LogP) is 1.51. The second-order valence-electron chi connectivity index (χ2n) is 4.18. The first-order valence-electron chi connectivity index (χ1n) is 5.62. The minimum Gasteiger partial charge on any atom is -0.479 e. The summed E-state index contributed by atoms with van der Waals surface area (Å²) in [7, 11) is 0. The Morgan fingerprint density at radius 3 is 2.31 bits per heavy atom. The van der Waals surface area contributed by atoms with Gasteiger partial charge in [0.1, 0.15) is 0 Å². The van der Waals surface area contributed by atoms with Gasteiger partial charge in [-0.15, -0.1) is 0 Å². The van der Waals surface area contributed by atoms with E-state index in [0.717, 1.165) is 0 Å². The van der Waals surface area contributed by atoms with E-state index in [2.05, 4.69) is 0 Å². The molecule has 1 aliphatic rings. The summed E-state index contributed by atoms with van der Waals surface area (Å²) in [6.45, 7) is 3.63. The highest BCUT2D eigenvalue weighted by Gasteiger charge is 2.50. The van der Waals surface area contributed by atoms with Gasteiger partial charge in [-0.1, -0.05) is 13.8 Å². The molecule has 0 aliphatic carbocycles. The van der Waals surface area contributed by atoms with Crippen molar-refractivity contribution in [3.63, 3.8) is 0 Å². The van der Waals surface area contributed by atoms with Gasteiger partial charge in [0.25, 0.3) is 0 Å². The fraction of sp³-hybridized carbons (Fsp3) is 0.818. The van der Waals surface area contributed by atoms with Crippen molar-refractivity contribution in [3.05, 3.63) is 0 Å². The molecule has 5 nitrogen and oxygen atoms in total. The Kier molecular flexibility index (Phi) is 3.91. The average Bonchev–Trinajstić information content (AvgIpc) is 2.27. The minimum absolute atomic E-state index is 0.106. The molecule has 3 atom stereocenters. The Bertz CT molecular complexity index is 288. The van der Waals surface area contributed by atoms with E-state index in [-0.39, 0.29) is 5.92 Å². The molecule has 2 N–H and O–H groups in total. The van der Waals surface area contributed by atoms with Crippen molar-refractivity contribution in [1.29, 1.82) is 0 Å². The fourth-order valence-corrected chi connectivity index (χ4v) is 2.45. The lowest BCUT2D eigenvalue weighted by Gasteiger charge is -2.42. The van der Waals surface area contributed by atoms with Crippen LogP contribution in [0.3, 0.4) is 0 Å². The van der Waals surface area contributed by atoms with Gasteiger partial charge in [0, 0.05) is 0 Å². The van der Waals surface area contributed by atoms with Crippen LogP contribution < -0.4 is 0 Å². The topological polar surface area (TPSA) is 83.8 Å². The van der Waals surface area contributed by atoms with Gasteiger partial charge in [-0.3, -0.25) is 0 Å². The summed E-state index contributed by atoms with van der Waals surface area (Å²) >= 11 is 0. The first kappa shape index (κ1) is 13.0. The zero-order valence-electron chi connectivity index (χ0n) is 9.60. The molecule has 16 heavy (non-hydrogen) atoms. The number of carboxylic acids is 2. The van der Waals surface area contributed by atoms with Gasteiger partial charge in [0.15, 0.2) is 11.7 Å². The summed E-state index contributed by atoms with van der Waals surface area (Å²) < 4.78 is 5.35. The Balaban J connectivity index is 2.97. The molecule has 0 spiro atoms. The van der Waals surface area contributed by atoms with E-state index in [1.165, 1.54) is 0 Å². The average molecular weight is 230 g/mol. The lowest BCUT2D eigenvalue weighted by Crippen LogP contribution is -2.54. The number of hydrogen-bond donors (Lipinski definition) is 2. The van der Waals surface area contributed by atoms with Crippen LogP contribution in [-0.2, 0) is 14.3 Å². The largest absolute Gasteiger partial charge is 0.479 e.